The molecule has 2 nitrogen and oxygen atoms in total. The Hall–Kier alpha value is -1.02. The number of hydrogen-bond donors (Lipinski definition) is 1. The summed E-state index contributed by atoms with van der Waals surface area (Å²) >= 11 is 0. The number of aliphatic hydroxyl groups is 1. The van der Waals surface area contributed by atoms with Gasteiger partial charge in [-0.05, 0) is 42.9 Å². The molecule has 2 unspecified atom stereocenters. The van der Waals surface area contributed by atoms with E-state index in [1.54, 1.807) is 0 Å². The van der Waals surface area contributed by atoms with Gasteiger partial charge in [-0.3, -0.25) is 0 Å². The summed E-state index contributed by atoms with van der Waals surface area (Å²) in [5, 5.41) is 10.1. The molecule has 1 aromatic carbocycles. The zero-order chi connectivity index (χ0) is 11.8. The third-order valence-corrected chi connectivity index (χ3v) is 3.50. The number of benzene rings is 1. The predicted molar refractivity (Wildman–Crippen MR) is 64.6 cm³/mol. The Bertz CT molecular complexity index is 371. The molecule has 0 saturated heterocycles. The van der Waals surface area contributed by atoms with Crippen molar-refractivity contribution >= 4 is 0 Å². The van der Waals surface area contributed by atoms with Crippen LogP contribution in [0.25, 0.3) is 0 Å². The Kier molecular flexibility index (Phi) is 2.94. The number of aryl methyl sites for hydroxylation is 1. The van der Waals surface area contributed by atoms with Crippen LogP contribution in [0.15, 0.2) is 24.3 Å². The summed E-state index contributed by atoms with van der Waals surface area (Å²) in [7, 11) is 0. The second-order valence-corrected chi connectivity index (χ2v) is 5.44. The van der Waals surface area contributed by atoms with Crippen molar-refractivity contribution in [2.24, 2.45) is 5.41 Å². The molecule has 0 aliphatic heterocycles. The van der Waals surface area contributed by atoms with Crippen molar-refractivity contribution in [3.63, 3.8) is 0 Å². The molecule has 2 atom stereocenters. The van der Waals surface area contributed by atoms with Crippen LogP contribution in [0.4, 0.5) is 0 Å². The van der Waals surface area contributed by atoms with Gasteiger partial charge in [0.15, 0.2) is 0 Å². The molecule has 1 saturated carbocycles. The van der Waals surface area contributed by atoms with E-state index in [9.17, 15) is 5.11 Å². The first kappa shape index (κ1) is 11.5. The zero-order valence-corrected chi connectivity index (χ0v) is 10.2. The van der Waals surface area contributed by atoms with Gasteiger partial charge in [0, 0.05) is 0 Å². The van der Waals surface area contributed by atoms with Crippen LogP contribution in [0.2, 0.25) is 0 Å². The molecule has 0 radical (unpaired) electrons. The zero-order valence-electron chi connectivity index (χ0n) is 10.2. The highest BCUT2D eigenvalue weighted by Gasteiger charge is 2.42. The maximum atomic E-state index is 10.1. The van der Waals surface area contributed by atoms with E-state index >= 15 is 0 Å². The van der Waals surface area contributed by atoms with Gasteiger partial charge in [0.25, 0.3) is 0 Å². The fraction of sp³-hybridized carbons (Fsp3) is 0.571. The molecule has 16 heavy (non-hydrogen) atoms. The minimum atomic E-state index is -0.368. The van der Waals surface area contributed by atoms with E-state index in [4.69, 9.17) is 4.74 Å². The SMILES string of the molecule is Cc1cccc(OC2CCC(C)(C)C2O)c1. The van der Waals surface area contributed by atoms with E-state index in [-0.39, 0.29) is 17.6 Å². The van der Waals surface area contributed by atoms with E-state index in [0.29, 0.717) is 0 Å². The molecule has 1 aliphatic carbocycles. The Morgan fingerprint density at radius 1 is 1.38 bits per heavy atom. The highest BCUT2D eigenvalue weighted by molar-refractivity contribution is 5.27. The van der Waals surface area contributed by atoms with Crippen LogP contribution in [0.3, 0.4) is 0 Å². The molecule has 2 heteroatoms. The molecular formula is C14H20O2. The van der Waals surface area contributed by atoms with Crippen LogP contribution in [0, 0.1) is 12.3 Å². The molecule has 88 valence electrons. The monoisotopic (exact) mass is 220 g/mol. The highest BCUT2D eigenvalue weighted by Crippen LogP contribution is 2.39. The molecular weight excluding hydrogens is 200 g/mol. The van der Waals surface area contributed by atoms with Crippen LogP contribution < -0.4 is 4.74 Å². The van der Waals surface area contributed by atoms with Gasteiger partial charge in [0.05, 0.1) is 6.10 Å². The lowest BCUT2D eigenvalue weighted by atomic mass is 9.89. The van der Waals surface area contributed by atoms with Crippen molar-refractivity contribution in [2.45, 2.75) is 45.8 Å². The van der Waals surface area contributed by atoms with E-state index in [0.717, 1.165) is 18.6 Å². The lowest BCUT2D eigenvalue weighted by Crippen LogP contribution is -2.34. The van der Waals surface area contributed by atoms with Crippen molar-refractivity contribution < 1.29 is 9.84 Å². The fourth-order valence-corrected chi connectivity index (χ4v) is 2.31. The summed E-state index contributed by atoms with van der Waals surface area (Å²) in [5.74, 6) is 0.863. The molecule has 0 spiro atoms. The van der Waals surface area contributed by atoms with E-state index in [1.165, 1.54) is 5.56 Å². The standard InChI is InChI=1S/C14H20O2/c1-10-5-4-6-11(9-10)16-12-7-8-14(2,3)13(12)15/h4-6,9,12-13,15H,7-8H2,1-3H3. The quantitative estimate of drug-likeness (QED) is 0.830. The van der Waals surface area contributed by atoms with Crippen molar-refractivity contribution in [1.29, 1.82) is 0 Å². The van der Waals surface area contributed by atoms with Gasteiger partial charge in [0.2, 0.25) is 0 Å². The number of ether oxygens (including phenoxy) is 1. The van der Waals surface area contributed by atoms with Gasteiger partial charge in [-0.15, -0.1) is 0 Å². The molecule has 2 rings (SSSR count). The number of rotatable bonds is 2. The second kappa shape index (κ2) is 4.10. The van der Waals surface area contributed by atoms with Crippen molar-refractivity contribution in [3.8, 4) is 5.75 Å². The maximum Gasteiger partial charge on any atom is 0.125 e. The van der Waals surface area contributed by atoms with Crippen LogP contribution >= 0.6 is 0 Å². The Balaban J connectivity index is 2.06. The van der Waals surface area contributed by atoms with Gasteiger partial charge in [-0.25, -0.2) is 0 Å². The van der Waals surface area contributed by atoms with Gasteiger partial charge < -0.3 is 9.84 Å². The average Bonchev–Trinajstić information content (AvgIpc) is 2.45. The Labute approximate surface area is 97.3 Å². The summed E-state index contributed by atoms with van der Waals surface area (Å²) in [4.78, 5) is 0. The minimum Gasteiger partial charge on any atom is -0.488 e. The van der Waals surface area contributed by atoms with Gasteiger partial charge >= 0.3 is 0 Å². The van der Waals surface area contributed by atoms with Crippen molar-refractivity contribution in [2.75, 3.05) is 0 Å². The molecule has 1 aromatic rings. The van der Waals surface area contributed by atoms with Gasteiger partial charge in [-0.2, -0.15) is 0 Å². The molecule has 0 aromatic heterocycles. The summed E-state index contributed by atoms with van der Waals surface area (Å²) < 4.78 is 5.85. The number of hydrogen-bond acceptors (Lipinski definition) is 2. The topological polar surface area (TPSA) is 29.5 Å². The molecule has 1 fully saturated rings. The molecule has 0 bridgehead atoms. The molecule has 0 amide bonds. The van der Waals surface area contributed by atoms with Crippen molar-refractivity contribution in [3.05, 3.63) is 29.8 Å². The van der Waals surface area contributed by atoms with Crippen LogP contribution in [-0.4, -0.2) is 17.3 Å². The van der Waals surface area contributed by atoms with E-state index in [1.807, 2.05) is 31.2 Å². The maximum absolute atomic E-state index is 10.1. The first-order chi connectivity index (χ1) is 7.49. The highest BCUT2D eigenvalue weighted by atomic mass is 16.5. The van der Waals surface area contributed by atoms with E-state index < -0.39 is 0 Å². The Morgan fingerprint density at radius 3 is 2.69 bits per heavy atom. The van der Waals surface area contributed by atoms with Crippen LogP contribution in [0.5, 0.6) is 5.75 Å². The summed E-state index contributed by atoms with van der Waals surface area (Å²) in [6.07, 6.45) is 1.53. The summed E-state index contributed by atoms with van der Waals surface area (Å²) in [6, 6.07) is 7.99. The lowest BCUT2D eigenvalue weighted by Gasteiger charge is -2.25. The normalized spacial score (nSPS) is 28.0. The van der Waals surface area contributed by atoms with Crippen molar-refractivity contribution in [1.82, 2.24) is 0 Å². The molecule has 1 aliphatic rings. The molecule has 1 N–H and O–H groups in total. The van der Waals surface area contributed by atoms with Gasteiger partial charge in [0.1, 0.15) is 11.9 Å². The largest absolute Gasteiger partial charge is 0.488 e. The Morgan fingerprint density at radius 2 is 2.12 bits per heavy atom. The van der Waals surface area contributed by atoms with Gasteiger partial charge in [-0.1, -0.05) is 26.0 Å². The third-order valence-electron chi connectivity index (χ3n) is 3.50. The van der Waals surface area contributed by atoms with Crippen LogP contribution in [0.1, 0.15) is 32.3 Å². The first-order valence-corrected chi connectivity index (χ1v) is 5.90. The fourth-order valence-electron chi connectivity index (χ4n) is 2.31. The van der Waals surface area contributed by atoms with Crippen LogP contribution in [-0.2, 0) is 0 Å². The third kappa shape index (κ3) is 2.22. The average molecular weight is 220 g/mol. The molecule has 0 heterocycles. The lowest BCUT2D eigenvalue weighted by molar-refractivity contribution is 0.00491. The van der Waals surface area contributed by atoms with E-state index in [2.05, 4.69) is 13.8 Å². The number of aliphatic hydroxyl groups excluding tert-OH is 1. The first-order valence-electron chi connectivity index (χ1n) is 5.90. The smallest absolute Gasteiger partial charge is 0.125 e. The minimum absolute atomic E-state index is 0.0194. The predicted octanol–water partition coefficient (Wildman–Crippen LogP) is 2.92. The summed E-state index contributed by atoms with van der Waals surface area (Å²) in [5.41, 5.74) is 1.17. The summed E-state index contributed by atoms with van der Waals surface area (Å²) in [6.45, 7) is 6.23. The second-order valence-electron chi connectivity index (χ2n) is 5.44.